The minimum Gasteiger partial charge on any atom is -0.375 e. The third-order valence-corrected chi connectivity index (χ3v) is 8.68. The summed E-state index contributed by atoms with van der Waals surface area (Å²) in [4.78, 5) is 26.0. The highest BCUT2D eigenvalue weighted by Crippen LogP contribution is 2.31. The molecule has 1 aromatic carbocycles. The summed E-state index contributed by atoms with van der Waals surface area (Å²) in [5, 5.41) is 8.25. The van der Waals surface area contributed by atoms with Gasteiger partial charge in [0.2, 0.25) is 12.8 Å². The quantitative estimate of drug-likeness (QED) is 0.146. The Bertz CT molecular complexity index is 1310. The number of hydrogen-bond acceptors (Lipinski definition) is 6. The Morgan fingerprint density at radius 1 is 1.00 bits per heavy atom. The monoisotopic (exact) mass is 651 g/mol. The molecule has 0 spiro atoms. The van der Waals surface area contributed by atoms with Crippen LogP contribution < -0.4 is 16.0 Å². The number of ether oxygens (including phenoxy) is 1. The molecule has 256 valence electrons. The van der Waals surface area contributed by atoms with Crippen LogP contribution in [0.5, 0.6) is 0 Å². The van der Waals surface area contributed by atoms with Crippen LogP contribution in [-0.2, 0) is 20.9 Å². The number of nitrogens with one attached hydrogen (secondary N) is 3. The van der Waals surface area contributed by atoms with Crippen LogP contribution in [0.2, 0.25) is 0 Å². The Morgan fingerprint density at radius 2 is 1.62 bits per heavy atom. The number of hydrogen-bond donors (Lipinski definition) is 3. The lowest BCUT2D eigenvalue weighted by Gasteiger charge is -2.37. The third kappa shape index (κ3) is 12.1. The van der Waals surface area contributed by atoms with E-state index in [0.717, 1.165) is 63.9 Å². The van der Waals surface area contributed by atoms with Crippen LogP contribution in [0.1, 0.15) is 57.1 Å². The number of carbonyl (C=O) groups is 2. The lowest BCUT2D eigenvalue weighted by Crippen LogP contribution is -2.42. The molecule has 2 fully saturated rings. The molecule has 2 amide bonds. The number of halogens is 2. The normalized spacial score (nSPS) is 18.5. The molecule has 2 saturated heterocycles. The molecule has 0 saturated carbocycles. The van der Waals surface area contributed by atoms with E-state index in [4.69, 9.17) is 4.74 Å². The number of likely N-dealkylation sites (tertiary alicyclic amines) is 2. The molecule has 1 aromatic rings. The summed E-state index contributed by atoms with van der Waals surface area (Å²) >= 11 is 0. The van der Waals surface area contributed by atoms with Crippen LogP contribution in [0.3, 0.4) is 0 Å². The summed E-state index contributed by atoms with van der Waals surface area (Å²) in [6.07, 6.45) is 18.5. The summed E-state index contributed by atoms with van der Waals surface area (Å²) in [6, 6.07) is 2.67. The summed E-state index contributed by atoms with van der Waals surface area (Å²) in [6.45, 7) is 12.9. The van der Waals surface area contributed by atoms with Gasteiger partial charge < -0.3 is 25.6 Å². The van der Waals surface area contributed by atoms with Gasteiger partial charge in [-0.2, -0.15) is 0 Å². The molecule has 0 radical (unpaired) electrons. The second kappa shape index (κ2) is 20.5. The van der Waals surface area contributed by atoms with Crippen molar-refractivity contribution in [1.29, 1.82) is 0 Å². The van der Waals surface area contributed by atoms with Gasteiger partial charge in [0.05, 0.1) is 12.2 Å². The number of allylic oxidation sites excluding steroid dienone is 8. The van der Waals surface area contributed by atoms with Gasteiger partial charge in [-0.15, -0.1) is 0 Å². The number of benzene rings is 1. The fourth-order valence-electron chi connectivity index (χ4n) is 6.06. The van der Waals surface area contributed by atoms with Gasteiger partial charge in [0.25, 0.3) is 0 Å². The number of likely N-dealkylation sites (N-methyl/N-ethyl adjacent to an activating group) is 1. The molecule has 2 aliphatic heterocycles. The zero-order valence-electron chi connectivity index (χ0n) is 28.1. The summed E-state index contributed by atoms with van der Waals surface area (Å²) in [5.74, 6) is -1.23. The number of rotatable bonds is 18. The van der Waals surface area contributed by atoms with Crippen molar-refractivity contribution in [2.45, 2.75) is 64.7 Å². The Labute approximate surface area is 279 Å². The van der Waals surface area contributed by atoms with Crippen LogP contribution in [0.4, 0.5) is 8.78 Å². The van der Waals surface area contributed by atoms with Gasteiger partial charge >= 0.3 is 0 Å². The Kier molecular flexibility index (Phi) is 16.5. The lowest BCUT2D eigenvalue weighted by atomic mass is 9.93. The molecule has 0 aromatic heterocycles. The number of piperidine rings is 2. The molecule has 0 aliphatic carbocycles. The first-order valence-electron chi connectivity index (χ1n) is 16.5. The molecule has 0 atom stereocenters. The molecule has 2 aliphatic rings. The van der Waals surface area contributed by atoms with Crippen molar-refractivity contribution in [2.75, 3.05) is 46.3 Å². The van der Waals surface area contributed by atoms with E-state index in [0.29, 0.717) is 42.6 Å². The van der Waals surface area contributed by atoms with Gasteiger partial charge in [-0.3, -0.25) is 14.5 Å². The average Bonchev–Trinajstić information content (AvgIpc) is 3.07. The summed E-state index contributed by atoms with van der Waals surface area (Å²) < 4.78 is 37.3. The maximum Gasteiger partial charge on any atom is 0.211 e. The lowest BCUT2D eigenvalue weighted by molar-refractivity contribution is -0.109. The maximum absolute atomic E-state index is 15.4. The van der Waals surface area contributed by atoms with E-state index in [2.05, 4.69) is 32.3 Å². The van der Waals surface area contributed by atoms with Gasteiger partial charge in [0.1, 0.15) is 11.6 Å². The average molecular weight is 652 g/mol. The SMILES string of the molecule is C=C/C(C)=C(\C=C/C)C(=C\NC=O)/c1cc(F)c(CN2CCC(OC3CCN(CC/C(=C\C=C/NC=O)CNC)CC3)CC2)c(F)c1. The van der Waals surface area contributed by atoms with E-state index in [1.54, 1.807) is 12.3 Å². The van der Waals surface area contributed by atoms with Crippen molar-refractivity contribution in [3.8, 4) is 0 Å². The zero-order valence-corrected chi connectivity index (χ0v) is 28.1. The smallest absolute Gasteiger partial charge is 0.211 e. The van der Waals surface area contributed by atoms with Crippen molar-refractivity contribution in [3.05, 3.63) is 101 Å². The van der Waals surface area contributed by atoms with E-state index in [-0.39, 0.29) is 24.3 Å². The van der Waals surface area contributed by atoms with E-state index in [1.807, 2.05) is 45.2 Å². The Hall–Kier alpha value is -3.70. The van der Waals surface area contributed by atoms with E-state index < -0.39 is 11.6 Å². The Morgan fingerprint density at radius 3 is 2.17 bits per heavy atom. The second-order valence-electron chi connectivity index (χ2n) is 12.0. The number of amides is 2. The van der Waals surface area contributed by atoms with Crippen LogP contribution in [-0.4, -0.2) is 81.1 Å². The second-order valence-corrected chi connectivity index (χ2v) is 12.0. The van der Waals surface area contributed by atoms with Gasteiger partial charge in [-0.1, -0.05) is 36.5 Å². The predicted octanol–water partition coefficient (Wildman–Crippen LogP) is 5.37. The Balaban J connectivity index is 1.51. The third-order valence-electron chi connectivity index (χ3n) is 8.68. The van der Waals surface area contributed by atoms with Crippen molar-refractivity contribution < 1.29 is 23.1 Å². The summed E-state index contributed by atoms with van der Waals surface area (Å²) in [7, 11) is 1.93. The van der Waals surface area contributed by atoms with Crippen LogP contribution in [0.25, 0.3) is 5.57 Å². The molecular weight excluding hydrogens is 600 g/mol. The van der Waals surface area contributed by atoms with Gasteiger partial charge in [0.15, 0.2) is 0 Å². The van der Waals surface area contributed by atoms with E-state index in [9.17, 15) is 9.59 Å². The van der Waals surface area contributed by atoms with Gasteiger partial charge in [-0.05, 0) is 87.9 Å². The number of carbonyl (C=O) groups excluding carboxylic acids is 2. The molecule has 10 heteroatoms. The molecule has 0 bridgehead atoms. The molecule has 8 nitrogen and oxygen atoms in total. The number of nitrogens with zero attached hydrogens (tertiary/aromatic N) is 2. The first-order valence-corrected chi connectivity index (χ1v) is 16.5. The highest BCUT2D eigenvalue weighted by atomic mass is 19.1. The zero-order chi connectivity index (χ0) is 34.0. The van der Waals surface area contributed by atoms with Crippen LogP contribution in [0, 0.1) is 11.6 Å². The molecule has 3 rings (SSSR count). The fourth-order valence-corrected chi connectivity index (χ4v) is 6.06. The fraction of sp³-hybridized carbons (Fsp3) is 0.459. The molecule has 47 heavy (non-hydrogen) atoms. The summed E-state index contributed by atoms with van der Waals surface area (Å²) in [5.41, 5.74) is 3.67. The van der Waals surface area contributed by atoms with Gasteiger partial charge in [-0.25, -0.2) is 8.78 Å². The topological polar surface area (TPSA) is 85.9 Å². The first-order chi connectivity index (χ1) is 22.8. The van der Waals surface area contributed by atoms with Crippen molar-refractivity contribution >= 4 is 18.4 Å². The minimum absolute atomic E-state index is 0.0431. The van der Waals surface area contributed by atoms with Gasteiger partial charge in [0, 0.05) is 69.3 Å². The van der Waals surface area contributed by atoms with E-state index >= 15 is 8.78 Å². The van der Waals surface area contributed by atoms with Crippen molar-refractivity contribution in [3.63, 3.8) is 0 Å². The molecular formula is C37H51F2N5O3. The standard InChI is InChI=1S/C37H51F2N5O3/c1-5-8-33(28(3)6-2)34(24-42-27-46)30-21-36(38)35(37(39)22-30)25-44-19-13-32(14-20-44)47-31-11-17-43(18-12-31)16-10-29(23-40-4)9-7-15-41-26-45/h5-9,15,21-22,24,26-27,31-32,40H,2,10-14,16-20,23,25H2,1,3-4H3,(H,41,45)(H,42,46)/b8-5-,15-7-,29-9+,33-28+,34-24-. The minimum atomic E-state index is -0.613. The highest BCUT2D eigenvalue weighted by molar-refractivity contribution is 5.84. The largest absolute Gasteiger partial charge is 0.375 e. The predicted molar refractivity (Wildman–Crippen MR) is 185 cm³/mol. The molecule has 2 heterocycles. The van der Waals surface area contributed by atoms with Crippen LogP contribution in [0.15, 0.2) is 78.2 Å². The van der Waals surface area contributed by atoms with Crippen LogP contribution >= 0.6 is 0 Å². The molecule has 3 N–H and O–H groups in total. The molecule has 0 unspecified atom stereocenters. The maximum atomic E-state index is 15.4. The van der Waals surface area contributed by atoms with E-state index in [1.165, 1.54) is 23.9 Å². The highest BCUT2D eigenvalue weighted by Gasteiger charge is 2.27. The first kappa shape index (κ1) is 37.8. The van der Waals surface area contributed by atoms with Crippen molar-refractivity contribution in [1.82, 2.24) is 25.8 Å². The van der Waals surface area contributed by atoms with Crippen molar-refractivity contribution in [2.24, 2.45) is 0 Å².